The Morgan fingerprint density at radius 2 is 2.00 bits per heavy atom. The van der Waals surface area contributed by atoms with Gasteiger partial charge in [-0.05, 0) is 30.5 Å². The molecule has 1 aliphatic heterocycles. The fourth-order valence-corrected chi connectivity index (χ4v) is 4.25. The van der Waals surface area contributed by atoms with Crippen LogP contribution in [-0.2, 0) is 21.2 Å². The van der Waals surface area contributed by atoms with Crippen LogP contribution in [0.25, 0.3) is 0 Å². The molecule has 0 spiro atoms. The third kappa shape index (κ3) is 3.62. The second kappa shape index (κ2) is 6.56. The molecular formula is C15H20N2O3S. The Hall–Kier alpha value is -1.42. The SMILES string of the molecule is CN(C)S(=O)(=O)C1CCOCC1Cc1ccc(C#N)cc1. The lowest BCUT2D eigenvalue weighted by Gasteiger charge is -2.33. The molecule has 0 saturated carbocycles. The van der Waals surface area contributed by atoms with Crippen molar-refractivity contribution in [3.05, 3.63) is 35.4 Å². The molecule has 1 aromatic carbocycles. The largest absolute Gasteiger partial charge is 0.381 e. The van der Waals surface area contributed by atoms with Crippen LogP contribution < -0.4 is 0 Å². The molecule has 0 radical (unpaired) electrons. The fourth-order valence-electron chi connectivity index (χ4n) is 2.65. The van der Waals surface area contributed by atoms with Crippen molar-refractivity contribution in [2.24, 2.45) is 5.92 Å². The van der Waals surface area contributed by atoms with Gasteiger partial charge >= 0.3 is 0 Å². The van der Waals surface area contributed by atoms with Crippen LogP contribution >= 0.6 is 0 Å². The van der Waals surface area contributed by atoms with Gasteiger partial charge in [0.25, 0.3) is 0 Å². The standard InChI is InChI=1S/C15H20N2O3S/c1-17(2)21(18,19)15-7-8-20-11-14(15)9-12-3-5-13(10-16)6-4-12/h3-6,14-15H,7-9,11H2,1-2H3. The van der Waals surface area contributed by atoms with E-state index in [4.69, 9.17) is 10.00 Å². The molecule has 2 rings (SSSR count). The second-order valence-electron chi connectivity index (χ2n) is 5.50. The van der Waals surface area contributed by atoms with Gasteiger partial charge in [-0.2, -0.15) is 5.26 Å². The number of benzene rings is 1. The van der Waals surface area contributed by atoms with Gasteiger partial charge in [0.2, 0.25) is 10.0 Å². The highest BCUT2D eigenvalue weighted by atomic mass is 32.2. The summed E-state index contributed by atoms with van der Waals surface area (Å²) in [5.41, 5.74) is 1.64. The normalized spacial score (nSPS) is 23.0. The van der Waals surface area contributed by atoms with Crippen molar-refractivity contribution in [1.82, 2.24) is 4.31 Å². The fraction of sp³-hybridized carbons (Fsp3) is 0.533. The molecule has 1 heterocycles. The first-order valence-corrected chi connectivity index (χ1v) is 8.43. The Balaban J connectivity index is 2.17. The molecule has 6 heteroatoms. The number of nitrogens with zero attached hydrogens (tertiary/aromatic N) is 2. The summed E-state index contributed by atoms with van der Waals surface area (Å²) in [7, 11) is -0.135. The predicted octanol–water partition coefficient (Wildman–Crippen LogP) is 1.40. The maximum absolute atomic E-state index is 12.4. The van der Waals surface area contributed by atoms with Gasteiger partial charge in [-0.25, -0.2) is 12.7 Å². The highest BCUT2D eigenvalue weighted by molar-refractivity contribution is 7.89. The summed E-state index contributed by atoms with van der Waals surface area (Å²) in [6.07, 6.45) is 1.17. The molecule has 2 unspecified atom stereocenters. The summed E-state index contributed by atoms with van der Waals surface area (Å²) >= 11 is 0. The topological polar surface area (TPSA) is 70.4 Å². The summed E-state index contributed by atoms with van der Waals surface area (Å²) in [6.45, 7) is 0.944. The van der Waals surface area contributed by atoms with Crippen LogP contribution in [0.3, 0.4) is 0 Å². The quantitative estimate of drug-likeness (QED) is 0.843. The molecule has 1 aliphatic rings. The van der Waals surface area contributed by atoms with Gasteiger partial charge in [0.05, 0.1) is 23.5 Å². The Morgan fingerprint density at radius 3 is 2.57 bits per heavy atom. The lowest BCUT2D eigenvalue weighted by atomic mass is 9.93. The van der Waals surface area contributed by atoms with Gasteiger partial charge in [0, 0.05) is 26.6 Å². The van der Waals surface area contributed by atoms with Crippen LogP contribution in [0.5, 0.6) is 0 Å². The zero-order valence-electron chi connectivity index (χ0n) is 12.3. The van der Waals surface area contributed by atoms with Crippen molar-refractivity contribution in [1.29, 1.82) is 5.26 Å². The first-order valence-electron chi connectivity index (χ1n) is 6.93. The first kappa shape index (κ1) is 16.0. The predicted molar refractivity (Wildman–Crippen MR) is 80.2 cm³/mol. The molecule has 5 nitrogen and oxygen atoms in total. The molecule has 0 bridgehead atoms. The Labute approximate surface area is 126 Å². The van der Waals surface area contributed by atoms with Gasteiger partial charge < -0.3 is 4.74 Å². The molecule has 0 aromatic heterocycles. The molecule has 2 atom stereocenters. The maximum Gasteiger partial charge on any atom is 0.216 e. The van der Waals surface area contributed by atoms with Crippen LogP contribution in [0.1, 0.15) is 17.5 Å². The highest BCUT2D eigenvalue weighted by Gasteiger charge is 2.37. The van der Waals surface area contributed by atoms with E-state index in [0.29, 0.717) is 31.6 Å². The van der Waals surface area contributed by atoms with Crippen molar-refractivity contribution in [2.75, 3.05) is 27.3 Å². The first-order chi connectivity index (χ1) is 9.95. The van der Waals surface area contributed by atoms with E-state index in [1.807, 2.05) is 12.1 Å². The average Bonchev–Trinajstić information content (AvgIpc) is 2.48. The van der Waals surface area contributed by atoms with Crippen molar-refractivity contribution in [3.8, 4) is 6.07 Å². The van der Waals surface area contributed by atoms with Gasteiger partial charge in [-0.1, -0.05) is 12.1 Å². The van der Waals surface area contributed by atoms with Crippen molar-refractivity contribution < 1.29 is 13.2 Å². The highest BCUT2D eigenvalue weighted by Crippen LogP contribution is 2.27. The van der Waals surface area contributed by atoms with Crippen LogP contribution in [0.2, 0.25) is 0 Å². The zero-order chi connectivity index (χ0) is 15.5. The number of hydrogen-bond acceptors (Lipinski definition) is 4. The lowest BCUT2D eigenvalue weighted by Crippen LogP contribution is -2.44. The third-order valence-corrected chi connectivity index (χ3v) is 6.28. The van der Waals surface area contributed by atoms with E-state index >= 15 is 0 Å². The molecule has 21 heavy (non-hydrogen) atoms. The summed E-state index contributed by atoms with van der Waals surface area (Å²) in [4.78, 5) is 0. The minimum Gasteiger partial charge on any atom is -0.381 e. The molecule has 1 aromatic rings. The molecule has 0 aliphatic carbocycles. The number of hydrogen-bond donors (Lipinski definition) is 0. The monoisotopic (exact) mass is 308 g/mol. The maximum atomic E-state index is 12.4. The summed E-state index contributed by atoms with van der Waals surface area (Å²) in [6, 6.07) is 9.36. The average molecular weight is 308 g/mol. The molecule has 0 N–H and O–H groups in total. The van der Waals surface area contributed by atoms with E-state index < -0.39 is 15.3 Å². The Bertz CT molecular complexity index is 617. The minimum absolute atomic E-state index is 0.0564. The smallest absolute Gasteiger partial charge is 0.216 e. The lowest BCUT2D eigenvalue weighted by molar-refractivity contribution is 0.0563. The minimum atomic E-state index is -3.28. The van der Waals surface area contributed by atoms with E-state index in [9.17, 15) is 8.42 Å². The number of nitriles is 1. The number of sulfonamides is 1. The second-order valence-corrected chi connectivity index (χ2v) is 7.87. The van der Waals surface area contributed by atoms with E-state index in [1.165, 1.54) is 4.31 Å². The summed E-state index contributed by atoms with van der Waals surface area (Å²) in [5, 5.41) is 8.40. The summed E-state index contributed by atoms with van der Waals surface area (Å²) in [5.74, 6) is -0.0564. The van der Waals surface area contributed by atoms with Crippen molar-refractivity contribution in [2.45, 2.75) is 18.1 Å². The number of ether oxygens (including phenoxy) is 1. The van der Waals surface area contributed by atoms with Crippen LogP contribution in [0.4, 0.5) is 0 Å². The van der Waals surface area contributed by atoms with E-state index in [-0.39, 0.29) is 5.92 Å². The van der Waals surface area contributed by atoms with Crippen LogP contribution in [0, 0.1) is 17.2 Å². The van der Waals surface area contributed by atoms with E-state index in [0.717, 1.165) is 5.56 Å². The van der Waals surface area contributed by atoms with E-state index in [1.54, 1.807) is 26.2 Å². The number of rotatable bonds is 4. The van der Waals surface area contributed by atoms with Crippen LogP contribution in [-0.4, -0.2) is 45.3 Å². The van der Waals surface area contributed by atoms with Crippen molar-refractivity contribution in [3.63, 3.8) is 0 Å². The molecule has 0 amide bonds. The zero-order valence-corrected chi connectivity index (χ0v) is 13.1. The Kier molecular flexibility index (Phi) is 4.99. The van der Waals surface area contributed by atoms with Crippen molar-refractivity contribution >= 4 is 10.0 Å². The third-order valence-electron chi connectivity index (χ3n) is 3.88. The molecule has 1 fully saturated rings. The Morgan fingerprint density at radius 1 is 1.33 bits per heavy atom. The van der Waals surface area contributed by atoms with Gasteiger partial charge in [0.15, 0.2) is 0 Å². The molecule has 1 saturated heterocycles. The van der Waals surface area contributed by atoms with Gasteiger partial charge in [-0.15, -0.1) is 0 Å². The van der Waals surface area contributed by atoms with Gasteiger partial charge in [-0.3, -0.25) is 0 Å². The molecule has 114 valence electrons. The molecular weight excluding hydrogens is 288 g/mol. The van der Waals surface area contributed by atoms with Gasteiger partial charge in [0.1, 0.15) is 0 Å². The van der Waals surface area contributed by atoms with Crippen LogP contribution in [0.15, 0.2) is 24.3 Å². The van der Waals surface area contributed by atoms with E-state index in [2.05, 4.69) is 6.07 Å². The summed E-state index contributed by atoms with van der Waals surface area (Å²) < 4.78 is 31.6.